The number of aromatic nitrogens is 1. The second kappa shape index (κ2) is 6.34. The van der Waals surface area contributed by atoms with E-state index in [1.54, 1.807) is 17.5 Å². The number of carbonyl (C=O) groups is 1. The topological polar surface area (TPSA) is 42.0 Å². The Balaban J connectivity index is 1.82. The van der Waals surface area contributed by atoms with Gasteiger partial charge in [0, 0.05) is 10.9 Å². The highest BCUT2D eigenvalue weighted by molar-refractivity contribution is 7.20. The highest BCUT2D eigenvalue weighted by Crippen LogP contribution is 2.39. The maximum absolute atomic E-state index is 13.6. The van der Waals surface area contributed by atoms with Crippen LogP contribution in [0.4, 0.5) is 9.52 Å². The van der Waals surface area contributed by atoms with Crippen molar-refractivity contribution >= 4 is 56.9 Å². The predicted molar refractivity (Wildman–Crippen MR) is 89.8 cm³/mol. The fourth-order valence-corrected chi connectivity index (χ4v) is 3.97. The Morgan fingerprint density at radius 1 is 1.27 bits per heavy atom. The first-order valence-electron chi connectivity index (χ1n) is 6.01. The summed E-state index contributed by atoms with van der Waals surface area (Å²) in [7, 11) is 0. The molecule has 1 amide bonds. The first-order valence-corrected chi connectivity index (χ1v) is 8.46. The normalized spacial score (nSPS) is 10.7. The Hall–Kier alpha value is -1.47. The smallest absolute Gasteiger partial charge is 0.260 e. The molecule has 1 N–H and O–H groups in total. The third-order valence-corrected chi connectivity index (χ3v) is 5.02. The monoisotopic (exact) mass is 372 g/mol. The van der Waals surface area contributed by atoms with Gasteiger partial charge in [-0.25, -0.2) is 9.37 Å². The van der Waals surface area contributed by atoms with Crippen molar-refractivity contribution in [3.63, 3.8) is 0 Å². The van der Waals surface area contributed by atoms with Gasteiger partial charge in [0.15, 0.2) is 5.13 Å². The number of benzene rings is 1. The second-order valence-electron chi connectivity index (χ2n) is 4.21. The molecule has 1 aromatic carbocycles. The van der Waals surface area contributed by atoms with Crippen LogP contribution in [0, 0.1) is 5.82 Å². The standard InChI is InChI=1S/C14H7Cl2FN2OS2/c15-11-5-8(12(16)22-11)10-6-21-14(18-10)19-13(20)7-3-1-2-4-9(7)17/h1-6H,(H,18,19,20). The number of hydrogen-bond donors (Lipinski definition) is 1. The van der Waals surface area contributed by atoms with Gasteiger partial charge in [-0.05, 0) is 18.2 Å². The molecule has 2 heterocycles. The van der Waals surface area contributed by atoms with Crippen LogP contribution in [0.5, 0.6) is 0 Å². The van der Waals surface area contributed by atoms with Gasteiger partial charge in [-0.3, -0.25) is 10.1 Å². The fraction of sp³-hybridized carbons (Fsp3) is 0. The van der Waals surface area contributed by atoms with Crippen molar-refractivity contribution < 1.29 is 9.18 Å². The van der Waals surface area contributed by atoms with E-state index in [-0.39, 0.29) is 5.56 Å². The highest BCUT2D eigenvalue weighted by atomic mass is 35.5. The van der Waals surface area contributed by atoms with Crippen LogP contribution in [0.25, 0.3) is 11.3 Å². The lowest BCUT2D eigenvalue weighted by Gasteiger charge is -2.02. The summed E-state index contributed by atoms with van der Waals surface area (Å²) in [6, 6.07) is 7.48. The van der Waals surface area contributed by atoms with Gasteiger partial charge in [0.25, 0.3) is 5.91 Å². The van der Waals surface area contributed by atoms with Crippen LogP contribution in [0.1, 0.15) is 10.4 Å². The van der Waals surface area contributed by atoms with Crippen LogP contribution in [0.3, 0.4) is 0 Å². The first kappa shape index (κ1) is 15.4. The van der Waals surface area contributed by atoms with Crippen molar-refractivity contribution in [3.05, 3.63) is 55.8 Å². The number of nitrogens with one attached hydrogen (secondary N) is 1. The zero-order chi connectivity index (χ0) is 15.7. The predicted octanol–water partition coefficient (Wildman–Crippen LogP) is 5.57. The minimum atomic E-state index is -0.579. The van der Waals surface area contributed by atoms with Gasteiger partial charge in [-0.1, -0.05) is 35.3 Å². The molecule has 0 unspecified atom stereocenters. The van der Waals surface area contributed by atoms with E-state index in [1.807, 2.05) is 0 Å². The number of anilines is 1. The molecular formula is C14H7Cl2FN2OS2. The molecule has 0 saturated carbocycles. The number of halogens is 3. The van der Waals surface area contributed by atoms with E-state index in [0.717, 1.165) is 0 Å². The summed E-state index contributed by atoms with van der Waals surface area (Å²) in [5.74, 6) is -1.13. The Kier molecular flexibility index (Phi) is 4.44. The van der Waals surface area contributed by atoms with Gasteiger partial charge in [0.2, 0.25) is 0 Å². The lowest BCUT2D eigenvalue weighted by Crippen LogP contribution is -2.13. The maximum atomic E-state index is 13.6. The van der Waals surface area contributed by atoms with E-state index >= 15 is 0 Å². The van der Waals surface area contributed by atoms with E-state index in [4.69, 9.17) is 23.2 Å². The minimum Gasteiger partial charge on any atom is -0.298 e. The number of carbonyl (C=O) groups excluding carboxylic acids is 1. The van der Waals surface area contributed by atoms with Crippen molar-refractivity contribution in [1.82, 2.24) is 4.98 Å². The van der Waals surface area contributed by atoms with E-state index in [1.165, 1.54) is 40.9 Å². The van der Waals surface area contributed by atoms with Crippen molar-refractivity contribution in [1.29, 1.82) is 0 Å². The summed E-state index contributed by atoms with van der Waals surface area (Å²) >= 11 is 14.4. The second-order valence-corrected chi connectivity index (χ2v) is 7.35. The summed E-state index contributed by atoms with van der Waals surface area (Å²) in [5, 5.41) is 4.69. The summed E-state index contributed by atoms with van der Waals surface area (Å²) < 4.78 is 14.7. The average molecular weight is 373 g/mol. The van der Waals surface area contributed by atoms with Crippen LogP contribution in [0.2, 0.25) is 8.67 Å². The van der Waals surface area contributed by atoms with Crippen molar-refractivity contribution in [3.8, 4) is 11.3 Å². The number of hydrogen-bond acceptors (Lipinski definition) is 4. The number of thiophene rings is 1. The number of rotatable bonds is 3. The molecule has 0 radical (unpaired) electrons. The van der Waals surface area contributed by atoms with E-state index in [9.17, 15) is 9.18 Å². The van der Waals surface area contributed by atoms with E-state index < -0.39 is 11.7 Å². The van der Waals surface area contributed by atoms with Gasteiger partial charge in [-0.15, -0.1) is 22.7 Å². The summed E-state index contributed by atoms with van der Waals surface area (Å²) in [5.41, 5.74) is 1.29. The lowest BCUT2D eigenvalue weighted by molar-refractivity contribution is 0.102. The first-order chi connectivity index (χ1) is 10.5. The highest BCUT2D eigenvalue weighted by Gasteiger charge is 2.15. The molecule has 0 saturated heterocycles. The SMILES string of the molecule is O=C(Nc1nc(-c2cc(Cl)sc2Cl)cs1)c1ccccc1F. The molecule has 0 atom stereocenters. The van der Waals surface area contributed by atoms with Gasteiger partial charge < -0.3 is 0 Å². The summed E-state index contributed by atoms with van der Waals surface area (Å²) in [6.07, 6.45) is 0. The molecule has 22 heavy (non-hydrogen) atoms. The van der Waals surface area contributed by atoms with Crippen LogP contribution in [-0.4, -0.2) is 10.9 Å². The van der Waals surface area contributed by atoms with Crippen molar-refractivity contribution in [2.75, 3.05) is 5.32 Å². The molecule has 0 aliphatic rings. The van der Waals surface area contributed by atoms with Crippen LogP contribution < -0.4 is 5.32 Å². The number of nitrogens with zero attached hydrogens (tertiary/aromatic N) is 1. The van der Waals surface area contributed by atoms with Gasteiger partial charge >= 0.3 is 0 Å². The molecule has 3 nitrogen and oxygen atoms in total. The molecule has 3 rings (SSSR count). The van der Waals surface area contributed by atoms with Crippen LogP contribution in [0.15, 0.2) is 35.7 Å². The van der Waals surface area contributed by atoms with E-state index in [0.29, 0.717) is 25.1 Å². The third kappa shape index (κ3) is 3.15. The molecule has 3 aromatic rings. The Labute approximate surface area is 143 Å². The third-order valence-electron chi connectivity index (χ3n) is 2.78. The van der Waals surface area contributed by atoms with Crippen LogP contribution in [-0.2, 0) is 0 Å². The molecule has 8 heteroatoms. The minimum absolute atomic E-state index is 0.0316. The van der Waals surface area contributed by atoms with Gasteiger partial charge in [-0.2, -0.15) is 0 Å². The zero-order valence-electron chi connectivity index (χ0n) is 10.8. The van der Waals surface area contributed by atoms with Crippen molar-refractivity contribution in [2.24, 2.45) is 0 Å². The Morgan fingerprint density at radius 3 is 2.73 bits per heavy atom. The van der Waals surface area contributed by atoms with Crippen LogP contribution >= 0.6 is 45.9 Å². The average Bonchev–Trinajstić information content (AvgIpc) is 3.05. The largest absolute Gasteiger partial charge is 0.298 e. The number of thiazole rings is 1. The summed E-state index contributed by atoms with van der Waals surface area (Å²) in [6.45, 7) is 0. The van der Waals surface area contributed by atoms with Crippen molar-refractivity contribution in [2.45, 2.75) is 0 Å². The molecule has 0 spiro atoms. The Morgan fingerprint density at radius 2 is 2.05 bits per heavy atom. The van der Waals surface area contributed by atoms with E-state index in [2.05, 4.69) is 10.3 Å². The van der Waals surface area contributed by atoms with Gasteiger partial charge in [0.1, 0.15) is 10.2 Å². The molecule has 0 fully saturated rings. The quantitative estimate of drug-likeness (QED) is 0.652. The summed E-state index contributed by atoms with van der Waals surface area (Å²) in [4.78, 5) is 16.3. The Bertz CT molecular complexity index is 847. The lowest BCUT2D eigenvalue weighted by atomic mass is 10.2. The molecular weight excluding hydrogens is 366 g/mol. The maximum Gasteiger partial charge on any atom is 0.260 e. The molecule has 2 aromatic heterocycles. The fourth-order valence-electron chi connectivity index (χ4n) is 1.78. The zero-order valence-corrected chi connectivity index (χ0v) is 13.9. The van der Waals surface area contributed by atoms with Gasteiger partial charge in [0.05, 0.1) is 15.6 Å². The molecule has 112 valence electrons. The number of amides is 1. The molecule has 0 bridgehead atoms. The molecule has 0 aliphatic carbocycles. The molecule has 0 aliphatic heterocycles.